The van der Waals surface area contributed by atoms with Gasteiger partial charge < -0.3 is 0 Å². The molecule has 0 radical (unpaired) electrons. The van der Waals surface area contributed by atoms with Crippen LogP contribution in [0, 0.1) is 13.8 Å². The van der Waals surface area contributed by atoms with E-state index in [1.807, 2.05) is 31.2 Å². The van der Waals surface area contributed by atoms with Crippen LogP contribution in [0.15, 0.2) is 30.3 Å². The number of anilines is 1. The maximum absolute atomic E-state index is 11.6. The first kappa shape index (κ1) is 12.0. The van der Waals surface area contributed by atoms with Crippen molar-refractivity contribution in [3.63, 3.8) is 0 Å². The topological polar surface area (TPSA) is 70.7 Å². The van der Waals surface area contributed by atoms with Crippen LogP contribution in [0.2, 0.25) is 0 Å². The summed E-state index contributed by atoms with van der Waals surface area (Å²) in [5.41, 5.74) is 2.14. The fraction of sp³-hybridized carbons (Fsp3) is 0.154. The minimum absolute atomic E-state index is 0.254. The Hall–Kier alpha value is -2.43. The Morgan fingerprint density at radius 1 is 1.39 bits per heavy atom. The Kier molecular flexibility index (Phi) is 3.52. The summed E-state index contributed by atoms with van der Waals surface area (Å²) in [6, 6.07) is 7.90. The number of hydrogen-bond donors (Lipinski definition) is 2. The molecule has 5 heteroatoms. The average Bonchev–Trinajstić information content (AvgIpc) is 2.72. The largest absolute Gasteiger partial charge is 0.290 e. The number of amides is 1. The van der Waals surface area contributed by atoms with Crippen LogP contribution in [0.4, 0.5) is 5.95 Å². The van der Waals surface area contributed by atoms with E-state index in [9.17, 15) is 4.79 Å². The number of H-pyrrole nitrogens is 1. The first-order chi connectivity index (χ1) is 8.63. The van der Waals surface area contributed by atoms with Crippen molar-refractivity contribution in [1.82, 2.24) is 15.2 Å². The van der Waals surface area contributed by atoms with Gasteiger partial charge in [-0.3, -0.25) is 15.2 Å². The van der Waals surface area contributed by atoms with Gasteiger partial charge in [0.15, 0.2) is 0 Å². The number of aryl methyl sites for hydroxylation is 2. The monoisotopic (exact) mass is 242 g/mol. The number of benzene rings is 1. The first-order valence-electron chi connectivity index (χ1n) is 5.58. The zero-order valence-electron chi connectivity index (χ0n) is 10.3. The molecule has 92 valence electrons. The zero-order valence-corrected chi connectivity index (χ0v) is 10.3. The molecule has 0 saturated carbocycles. The molecule has 2 rings (SSSR count). The Morgan fingerprint density at radius 3 is 2.89 bits per heavy atom. The highest BCUT2D eigenvalue weighted by atomic mass is 16.1. The summed E-state index contributed by atoms with van der Waals surface area (Å²) in [6.45, 7) is 3.78. The molecule has 2 N–H and O–H groups in total. The van der Waals surface area contributed by atoms with Crippen LogP contribution in [0.3, 0.4) is 0 Å². The van der Waals surface area contributed by atoms with Gasteiger partial charge in [0.05, 0.1) is 0 Å². The molecule has 5 nitrogen and oxygen atoms in total. The normalized spacial score (nSPS) is 10.8. The highest BCUT2D eigenvalue weighted by Crippen LogP contribution is 2.06. The lowest BCUT2D eigenvalue weighted by atomic mass is 10.1. The van der Waals surface area contributed by atoms with Crippen LogP contribution in [-0.4, -0.2) is 21.1 Å². The molecule has 0 aliphatic heterocycles. The van der Waals surface area contributed by atoms with E-state index in [4.69, 9.17) is 0 Å². The zero-order chi connectivity index (χ0) is 13.0. The Bertz CT molecular complexity index is 586. The molecule has 0 saturated heterocycles. The van der Waals surface area contributed by atoms with E-state index in [1.54, 1.807) is 13.0 Å². The molecule has 0 atom stereocenters. The van der Waals surface area contributed by atoms with E-state index < -0.39 is 0 Å². The second-order valence-corrected chi connectivity index (χ2v) is 3.98. The van der Waals surface area contributed by atoms with Gasteiger partial charge in [-0.25, -0.2) is 0 Å². The highest BCUT2D eigenvalue weighted by Gasteiger charge is 2.02. The SMILES string of the molecule is Cc1cccc(/C=C/C(=O)Nc2n[nH]c(C)n2)c1. The maximum Gasteiger partial charge on any atom is 0.250 e. The van der Waals surface area contributed by atoms with Gasteiger partial charge in [-0.15, -0.1) is 5.10 Å². The number of carbonyl (C=O) groups excluding carboxylic acids is 1. The summed E-state index contributed by atoms with van der Waals surface area (Å²) in [4.78, 5) is 15.6. The Balaban J connectivity index is 1.99. The van der Waals surface area contributed by atoms with Crippen LogP contribution in [-0.2, 0) is 4.79 Å². The molecule has 0 aliphatic carbocycles. The number of carbonyl (C=O) groups is 1. The molecular formula is C13H14N4O. The van der Waals surface area contributed by atoms with E-state index >= 15 is 0 Å². The van der Waals surface area contributed by atoms with E-state index in [-0.39, 0.29) is 11.9 Å². The minimum atomic E-state index is -0.254. The van der Waals surface area contributed by atoms with Gasteiger partial charge in [-0.2, -0.15) is 4.98 Å². The summed E-state index contributed by atoms with van der Waals surface area (Å²) in [5, 5.41) is 9.05. The molecule has 1 amide bonds. The summed E-state index contributed by atoms with van der Waals surface area (Å²) < 4.78 is 0. The van der Waals surface area contributed by atoms with E-state index in [2.05, 4.69) is 20.5 Å². The van der Waals surface area contributed by atoms with Gasteiger partial charge in [0.1, 0.15) is 5.82 Å². The predicted molar refractivity (Wildman–Crippen MR) is 70.0 cm³/mol. The molecule has 0 bridgehead atoms. The average molecular weight is 242 g/mol. The second kappa shape index (κ2) is 5.27. The van der Waals surface area contributed by atoms with Crippen LogP contribution in [0.1, 0.15) is 17.0 Å². The van der Waals surface area contributed by atoms with Crippen LogP contribution in [0.25, 0.3) is 6.08 Å². The lowest BCUT2D eigenvalue weighted by Crippen LogP contribution is -2.09. The lowest BCUT2D eigenvalue weighted by molar-refractivity contribution is -0.111. The molecule has 1 aromatic heterocycles. The van der Waals surface area contributed by atoms with Crippen molar-refractivity contribution in [2.45, 2.75) is 13.8 Å². The van der Waals surface area contributed by atoms with E-state index in [0.29, 0.717) is 5.82 Å². The third-order valence-corrected chi connectivity index (χ3v) is 2.30. The van der Waals surface area contributed by atoms with Gasteiger partial charge >= 0.3 is 0 Å². The Morgan fingerprint density at radius 2 is 2.22 bits per heavy atom. The lowest BCUT2D eigenvalue weighted by Gasteiger charge is -1.96. The highest BCUT2D eigenvalue weighted by molar-refractivity contribution is 6.00. The van der Waals surface area contributed by atoms with Crippen molar-refractivity contribution in [2.75, 3.05) is 5.32 Å². The van der Waals surface area contributed by atoms with Crippen molar-refractivity contribution in [3.8, 4) is 0 Å². The molecule has 2 aromatic rings. The Labute approximate surface area is 105 Å². The quantitative estimate of drug-likeness (QED) is 0.809. The van der Waals surface area contributed by atoms with Gasteiger partial charge in [0.25, 0.3) is 5.91 Å². The maximum atomic E-state index is 11.6. The number of hydrogen-bond acceptors (Lipinski definition) is 3. The third kappa shape index (κ3) is 3.28. The molecule has 18 heavy (non-hydrogen) atoms. The van der Waals surface area contributed by atoms with Crippen molar-refractivity contribution < 1.29 is 4.79 Å². The predicted octanol–water partition coefficient (Wildman–Crippen LogP) is 2.07. The summed E-state index contributed by atoms with van der Waals surface area (Å²) in [7, 11) is 0. The van der Waals surface area contributed by atoms with Gasteiger partial charge in [-0.05, 0) is 25.5 Å². The molecule has 0 aliphatic rings. The van der Waals surface area contributed by atoms with E-state index in [1.165, 1.54) is 6.08 Å². The van der Waals surface area contributed by atoms with Crippen molar-refractivity contribution >= 4 is 17.9 Å². The molecule has 1 heterocycles. The van der Waals surface area contributed by atoms with Gasteiger partial charge in [0, 0.05) is 6.08 Å². The molecule has 0 fully saturated rings. The summed E-state index contributed by atoms with van der Waals surface area (Å²) >= 11 is 0. The number of aromatic nitrogens is 3. The fourth-order valence-electron chi connectivity index (χ4n) is 1.50. The van der Waals surface area contributed by atoms with Crippen molar-refractivity contribution in [3.05, 3.63) is 47.3 Å². The fourth-order valence-corrected chi connectivity index (χ4v) is 1.50. The first-order valence-corrected chi connectivity index (χ1v) is 5.58. The third-order valence-electron chi connectivity index (χ3n) is 2.30. The smallest absolute Gasteiger partial charge is 0.250 e. The van der Waals surface area contributed by atoms with E-state index in [0.717, 1.165) is 11.1 Å². The number of rotatable bonds is 3. The standard InChI is InChI=1S/C13H14N4O/c1-9-4-3-5-11(8-9)6-7-12(18)15-13-14-10(2)16-17-13/h3-8H,1-2H3,(H2,14,15,16,17,18)/b7-6+. The number of nitrogens with one attached hydrogen (secondary N) is 2. The number of nitrogens with zero attached hydrogens (tertiary/aromatic N) is 2. The molecule has 0 unspecified atom stereocenters. The molecule has 1 aromatic carbocycles. The van der Waals surface area contributed by atoms with Crippen LogP contribution in [0.5, 0.6) is 0 Å². The molecule has 0 spiro atoms. The number of aromatic amines is 1. The second-order valence-electron chi connectivity index (χ2n) is 3.98. The summed E-state index contributed by atoms with van der Waals surface area (Å²) in [5.74, 6) is 0.690. The molecular weight excluding hydrogens is 228 g/mol. The van der Waals surface area contributed by atoms with Gasteiger partial charge in [0.2, 0.25) is 5.95 Å². The van der Waals surface area contributed by atoms with Crippen LogP contribution < -0.4 is 5.32 Å². The summed E-state index contributed by atoms with van der Waals surface area (Å²) in [6.07, 6.45) is 3.21. The van der Waals surface area contributed by atoms with Crippen molar-refractivity contribution in [2.24, 2.45) is 0 Å². The minimum Gasteiger partial charge on any atom is -0.290 e. The van der Waals surface area contributed by atoms with Crippen LogP contribution >= 0.6 is 0 Å². The van der Waals surface area contributed by atoms with Gasteiger partial charge in [-0.1, -0.05) is 29.8 Å². The van der Waals surface area contributed by atoms with Crippen molar-refractivity contribution in [1.29, 1.82) is 0 Å².